The van der Waals surface area contributed by atoms with E-state index in [0.717, 1.165) is 11.4 Å². The highest BCUT2D eigenvalue weighted by molar-refractivity contribution is 6.21. The van der Waals surface area contributed by atoms with Crippen LogP contribution in [0.1, 0.15) is 27.1 Å². The molecule has 0 saturated carbocycles. The zero-order valence-corrected chi connectivity index (χ0v) is 13.1. The molecule has 1 aromatic rings. The zero-order chi connectivity index (χ0) is 16.7. The van der Waals surface area contributed by atoms with Crippen LogP contribution in [0.2, 0.25) is 0 Å². The average Bonchev–Trinajstić information content (AvgIpc) is 2.80. The molecule has 2 N–H and O–H groups in total. The van der Waals surface area contributed by atoms with E-state index in [1.807, 2.05) is 0 Å². The number of ether oxygens (including phenoxy) is 1. The third-order valence-electron chi connectivity index (χ3n) is 3.55. The molecule has 2 rings (SSSR count). The van der Waals surface area contributed by atoms with Gasteiger partial charge in [0.05, 0.1) is 17.7 Å². The van der Waals surface area contributed by atoms with Crippen molar-refractivity contribution in [1.82, 2.24) is 15.5 Å². The van der Waals surface area contributed by atoms with Crippen molar-refractivity contribution in [3.63, 3.8) is 0 Å². The summed E-state index contributed by atoms with van der Waals surface area (Å²) < 4.78 is 4.89. The second-order valence-corrected chi connectivity index (χ2v) is 5.15. The minimum absolute atomic E-state index is 0.0925. The van der Waals surface area contributed by atoms with Crippen LogP contribution in [0.3, 0.4) is 0 Å². The number of methoxy groups -OCH3 is 1. The molecule has 1 aliphatic rings. The van der Waals surface area contributed by atoms with E-state index in [2.05, 4.69) is 10.6 Å². The molecule has 0 aromatic heterocycles. The maximum atomic E-state index is 12.1. The van der Waals surface area contributed by atoms with Gasteiger partial charge in [-0.25, -0.2) is 0 Å². The van der Waals surface area contributed by atoms with Crippen LogP contribution in [0.5, 0.6) is 0 Å². The second kappa shape index (κ2) is 8.40. The van der Waals surface area contributed by atoms with E-state index in [9.17, 15) is 14.4 Å². The lowest BCUT2D eigenvalue weighted by atomic mass is 10.1. The third kappa shape index (κ3) is 4.37. The summed E-state index contributed by atoms with van der Waals surface area (Å²) in [6.07, 6.45) is 0.101. The van der Waals surface area contributed by atoms with Gasteiger partial charge >= 0.3 is 0 Å². The summed E-state index contributed by atoms with van der Waals surface area (Å²) >= 11 is 0. The van der Waals surface area contributed by atoms with E-state index in [1.54, 1.807) is 31.4 Å². The molecular weight excluding hydrogens is 298 g/mol. The maximum absolute atomic E-state index is 12.1. The number of fused-ring (bicyclic) bond motifs is 1. The Balaban J connectivity index is 1.71. The Morgan fingerprint density at radius 2 is 1.74 bits per heavy atom. The van der Waals surface area contributed by atoms with Crippen molar-refractivity contribution in [2.45, 2.75) is 6.42 Å². The molecule has 0 aliphatic carbocycles. The highest BCUT2D eigenvalue weighted by Crippen LogP contribution is 2.22. The van der Waals surface area contributed by atoms with E-state index in [1.165, 1.54) is 0 Å². The molecule has 0 radical (unpaired) electrons. The van der Waals surface area contributed by atoms with Gasteiger partial charge in [0, 0.05) is 39.7 Å². The summed E-state index contributed by atoms with van der Waals surface area (Å²) in [6.45, 7) is 2.57. The Bertz CT molecular complexity index is 553. The average molecular weight is 319 g/mol. The molecule has 7 heteroatoms. The summed E-state index contributed by atoms with van der Waals surface area (Å²) in [5.41, 5.74) is 0.806. The van der Waals surface area contributed by atoms with Crippen LogP contribution in [0.4, 0.5) is 0 Å². The van der Waals surface area contributed by atoms with Gasteiger partial charge in [-0.1, -0.05) is 12.1 Å². The summed E-state index contributed by atoms with van der Waals surface area (Å²) in [4.78, 5) is 37.2. The van der Waals surface area contributed by atoms with Crippen molar-refractivity contribution < 1.29 is 19.1 Å². The van der Waals surface area contributed by atoms with Crippen LogP contribution in [-0.2, 0) is 9.53 Å². The first kappa shape index (κ1) is 17.1. The van der Waals surface area contributed by atoms with Crippen molar-refractivity contribution in [3.05, 3.63) is 35.4 Å². The fourth-order valence-electron chi connectivity index (χ4n) is 2.33. The molecule has 3 amide bonds. The first-order valence-electron chi connectivity index (χ1n) is 7.56. The Morgan fingerprint density at radius 1 is 1.09 bits per heavy atom. The van der Waals surface area contributed by atoms with E-state index in [0.29, 0.717) is 30.8 Å². The number of imide groups is 1. The van der Waals surface area contributed by atoms with E-state index in [4.69, 9.17) is 4.74 Å². The molecule has 0 bridgehead atoms. The SMILES string of the molecule is COCCNCCNC(=O)CCN1C(=O)c2ccccc2C1=O. The van der Waals surface area contributed by atoms with Crippen LogP contribution in [0.25, 0.3) is 0 Å². The molecule has 0 atom stereocenters. The Hall–Kier alpha value is -2.25. The largest absolute Gasteiger partial charge is 0.383 e. The highest BCUT2D eigenvalue weighted by Gasteiger charge is 2.34. The minimum Gasteiger partial charge on any atom is -0.383 e. The molecule has 0 saturated heterocycles. The molecule has 23 heavy (non-hydrogen) atoms. The Kier molecular flexibility index (Phi) is 6.25. The maximum Gasteiger partial charge on any atom is 0.261 e. The third-order valence-corrected chi connectivity index (χ3v) is 3.55. The van der Waals surface area contributed by atoms with Gasteiger partial charge in [-0.2, -0.15) is 0 Å². The zero-order valence-electron chi connectivity index (χ0n) is 13.1. The summed E-state index contributed by atoms with van der Waals surface area (Å²) in [5.74, 6) is -0.852. The van der Waals surface area contributed by atoms with Gasteiger partial charge in [-0.3, -0.25) is 19.3 Å². The number of carbonyl (C=O) groups is 3. The van der Waals surface area contributed by atoms with Crippen LogP contribution in [-0.4, -0.2) is 62.5 Å². The molecule has 1 heterocycles. The highest BCUT2D eigenvalue weighted by atomic mass is 16.5. The molecule has 1 aromatic carbocycles. The molecule has 0 fully saturated rings. The minimum atomic E-state index is -0.334. The molecular formula is C16H21N3O4. The topological polar surface area (TPSA) is 87.7 Å². The number of hydrogen-bond donors (Lipinski definition) is 2. The van der Waals surface area contributed by atoms with Crippen LogP contribution in [0, 0.1) is 0 Å². The molecule has 124 valence electrons. The van der Waals surface area contributed by atoms with Gasteiger partial charge < -0.3 is 15.4 Å². The molecule has 7 nitrogen and oxygen atoms in total. The summed E-state index contributed by atoms with van der Waals surface area (Å²) in [6, 6.07) is 6.69. The van der Waals surface area contributed by atoms with E-state index >= 15 is 0 Å². The van der Waals surface area contributed by atoms with Gasteiger partial charge in [0.15, 0.2) is 0 Å². The Morgan fingerprint density at radius 3 is 2.35 bits per heavy atom. The van der Waals surface area contributed by atoms with Crippen molar-refractivity contribution in [1.29, 1.82) is 0 Å². The smallest absolute Gasteiger partial charge is 0.261 e. The van der Waals surface area contributed by atoms with Crippen LogP contribution >= 0.6 is 0 Å². The first-order valence-corrected chi connectivity index (χ1v) is 7.56. The number of nitrogens with one attached hydrogen (secondary N) is 2. The van der Waals surface area contributed by atoms with Crippen molar-refractivity contribution in [3.8, 4) is 0 Å². The number of rotatable bonds is 9. The fourth-order valence-corrected chi connectivity index (χ4v) is 2.33. The van der Waals surface area contributed by atoms with Gasteiger partial charge in [0.1, 0.15) is 0 Å². The quantitative estimate of drug-likeness (QED) is 0.495. The molecule has 1 aliphatic heterocycles. The summed E-state index contributed by atoms with van der Waals surface area (Å²) in [5, 5.41) is 5.85. The van der Waals surface area contributed by atoms with Crippen molar-refractivity contribution in [2.75, 3.05) is 39.9 Å². The molecule has 0 unspecified atom stereocenters. The Labute approximate surface area is 135 Å². The lowest BCUT2D eigenvalue weighted by Crippen LogP contribution is -2.37. The number of carbonyl (C=O) groups excluding carboxylic acids is 3. The number of hydrogen-bond acceptors (Lipinski definition) is 5. The lowest BCUT2D eigenvalue weighted by molar-refractivity contribution is -0.121. The predicted octanol–water partition coefficient (Wildman–Crippen LogP) is 0.0249. The van der Waals surface area contributed by atoms with E-state index in [-0.39, 0.29) is 30.7 Å². The van der Waals surface area contributed by atoms with Crippen molar-refractivity contribution in [2.24, 2.45) is 0 Å². The summed E-state index contributed by atoms with van der Waals surface area (Å²) in [7, 11) is 1.63. The number of amides is 3. The molecule has 0 spiro atoms. The van der Waals surface area contributed by atoms with Crippen LogP contribution < -0.4 is 10.6 Å². The van der Waals surface area contributed by atoms with Gasteiger partial charge in [0.25, 0.3) is 11.8 Å². The monoisotopic (exact) mass is 319 g/mol. The van der Waals surface area contributed by atoms with Gasteiger partial charge in [-0.05, 0) is 12.1 Å². The van der Waals surface area contributed by atoms with Crippen molar-refractivity contribution >= 4 is 17.7 Å². The lowest BCUT2D eigenvalue weighted by Gasteiger charge is -2.13. The first-order chi connectivity index (χ1) is 11.1. The normalized spacial score (nSPS) is 13.3. The van der Waals surface area contributed by atoms with E-state index < -0.39 is 0 Å². The number of nitrogens with zero attached hydrogens (tertiary/aromatic N) is 1. The van der Waals surface area contributed by atoms with Crippen LogP contribution in [0.15, 0.2) is 24.3 Å². The van der Waals surface area contributed by atoms with Gasteiger partial charge in [0.2, 0.25) is 5.91 Å². The predicted molar refractivity (Wildman–Crippen MR) is 84.2 cm³/mol. The fraction of sp³-hybridized carbons (Fsp3) is 0.438. The number of benzene rings is 1. The second-order valence-electron chi connectivity index (χ2n) is 5.15. The van der Waals surface area contributed by atoms with Gasteiger partial charge in [-0.15, -0.1) is 0 Å². The standard InChI is InChI=1S/C16H21N3O4/c1-23-11-9-17-7-8-18-14(20)6-10-19-15(21)12-4-2-3-5-13(12)16(19)22/h2-5,17H,6-11H2,1H3,(H,18,20).